The van der Waals surface area contributed by atoms with E-state index in [-0.39, 0.29) is 18.2 Å². The van der Waals surface area contributed by atoms with Gasteiger partial charge in [-0.05, 0) is 18.2 Å². The summed E-state index contributed by atoms with van der Waals surface area (Å²) in [4.78, 5) is 26.6. The Kier molecular flexibility index (Phi) is 5.23. The number of anilines is 2. The fourth-order valence-electron chi connectivity index (χ4n) is 2.38. The van der Waals surface area contributed by atoms with Gasteiger partial charge in [-0.3, -0.25) is 9.59 Å². The molecule has 0 spiro atoms. The third-order valence-corrected chi connectivity index (χ3v) is 3.84. The van der Waals surface area contributed by atoms with Crippen LogP contribution < -0.4 is 10.2 Å². The number of hydrogen-bond donors (Lipinski definition) is 1. The molecule has 1 aliphatic rings. The second-order valence-electron chi connectivity index (χ2n) is 5.04. The molecule has 1 aromatic rings. The minimum absolute atomic E-state index is 0.0845. The Morgan fingerprint density at radius 2 is 2.00 bits per heavy atom. The summed E-state index contributed by atoms with van der Waals surface area (Å²) in [6.07, 6.45) is -0.188. The highest BCUT2D eigenvalue weighted by molar-refractivity contribution is 6.33. The predicted octanol–water partition coefficient (Wildman–Crippen LogP) is 1.86. The molecule has 1 heterocycles. The van der Waals surface area contributed by atoms with Crippen LogP contribution in [0.1, 0.15) is 13.3 Å². The molecule has 0 bridgehead atoms. The van der Waals surface area contributed by atoms with Gasteiger partial charge < -0.3 is 15.1 Å². The van der Waals surface area contributed by atoms with Crippen molar-refractivity contribution >= 4 is 34.8 Å². The molecule has 0 aliphatic carbocycles. The van der Waals surface area contributed by atoms with Crippen molar-refractivity contribution in [2.75, 3.05) is 36.4 Å². The third kappa shape index (κ3) is 3.89. The average Bonchev–Trinajstić information content (AvgIpc) is 2.47. The Bertz CT molecular complexity index is 618. The van der Waals surface area contributed by atoms with Crippen LogP contribution in [0.15, 0.2) is 18.2 Å². The van der Waals surface area contributed by atoms with Crippen LogP contribution in [0.5, 0.6) is 0 Å². The number of halogens is 1. The van der Waals surface area contributed by atoms with Crippen molar-refractivity contribution in [2.45, 2.75) is 13.3 Å². The number of amides is 2. The molecule has 0 aromatic heterocycles. The number of nitrogens with one attached hydrogen (secondary N) is 1. The van der Waals surface area contributed by atoms with Gasteiger partial charge in [0.05, 0.1) is 16.8 Å². The van der Waals surface area contributed by atoms with Crippen molar-refractivity contribution in [2.24, 2.45) is 0 Å². The smallest absolute Gasteiger partial charge is 0.238 e. The van der Waals surface area contributed by atoms with Crippen molar-refractivity contribution in [3.05, 3.63) is 23.2 Å². The Hall–Kier alpha value is -2.26. The highest BCUT2D eigenvalue weighted by atomic mass is 35.5. The largest absolute Gasteiger partial charge is 0.367 e. The predicted molar refractivity (Wildman–Crippen MR) is 84.8 cm³/mol. The second kappa shape index (κ2) is 7.14. The van der Waals surface area contributed by atoms with Gasteiger partial charge in [-0.15, -0.1) is 0 Å². The highest BCUT2D eigenvalue weighted by Gasteiger charge is 2.20. The van der Waals surface area contributed by atoms with E-state index in [1.54, 1.807) is 30.0 Å². The summed E-state index contributed by atoms with van der Waals surface area (Å²) in [6, 6.07) is 7.06. The molecule has 0 radical (unpaired) electrons. The van der Waals surface area contributed by atoms with Crippen LogP contribution >= 0.6 is 11.6 Å². The zero-order chi connectivity index (χ0) is 16.1. The Labute approximate surface area is 134 Å². The van der Waals surface area contributed by atoms with Crippen molar-refractivity contribution < 1.29 is 9.59 Å². The molecule has 0 atom stereocenters. The first-order valence-electron chi connectivity index (χ1n) is 6.98. The van der Waals surface area contributed by atoms with E-state index in [0.29, 0.717) is 23.8 Å². The van der Waals surface area contributed by atoms with E-state index in [9.17, 15) is 9.59 Å². The fourth-order valence-corrected chi connectivity index (χ4v) is 2.68. The van der Waals surface area contributed by atoms with Gasteiger partial charge in [0.1, 0.15) is 6.42 Å². The molecular formula is C15H17ClN4O2. The summed E-state index contributed by atoms with van der Waals surface area (Å²) in [5.74, 6) is -0.275. The zero-order valence-electron chi connectivity index (χ0n) is 12.3. The first kappa shape index (κ1) is 16.1. The SMILES string of the molecule is CC(=O)N1CCN(c2ccc(NC(=O)CC#N)cc2Cl)CC1. The molecule has 1 aliphatic heterocycles. The number of carbonyl (C=O) groups excluding carboxylic acids is 2. The zero-order valence-corrected chi connectivity index (χ0v) is 13.1. The summed E-state index contributed by atoms with van der Waals surface area (Å²) in [5, 5.41) is 11.6. The molecule has 1 N–H and O–H groups in total. The molecule has 7 heteroatoms. The Balaban J connectivity index is 2.03. The van der Waals surface area contributed by atoms with E-state index in [2.05, 4.69) is 10.2 Å². The van der Waals surface area contributed by atoms with Crippen LogP contribution in [0.25, 0.3) is 0 Å². The van der Waals surface area contributed by atoms with E-state index < -0.39 is 0 Å². The van der Waals surface area contributed by atoms with Gasteiger partial charge in [-0.2, -0.15) is 5.26 Å². The third-order valence-electron chi connectivity index (χ3n) is 3.54. The lowest BCUT2D eigenvalue weighted by molar-refractivity contribution is -0.129. The second-order valence-corrected chi connectivity index (χ2v) is 5.45. The number of nitrogens with zero attached hydrogens (tertiary/aromatic N) is 3. The van der Waals surface area contributed by atoms with Crippen molar-refractivity contribution in [3.8, 4) is 6.07 Å². The van der Waals surface area contributed by atoms with Gasteiger partial charge in [0.15, 0.2) is 0 Å². The first-order valence-corrected chi connectivity index (χ1v) is 7.36. The van der Waals surface area contributed by atoms with Crippen molar-refractivity contribution in [1.29, 1.82) is 5.26 Å². The summed E-state index contributed by atoms with van der Waals surface area (Å²) in [6.45, 7) is 4.36. The van der Waals surface area contributed by atoms with Crippen LogP contribution in [0.4, 0.5) is 11.4 Å². The molecule has 1 aromatic carbocycles. The quantitative estimate of drug-likeness (QED) is 0.922. The van der Waals surface area contributed by atoms with Gasteiger partial charge in [0.2, 0.25) is 11.8 Å². The van der Waals surface area contributed by atoms with Crippen LogP contribution in [-0.4, -0.2) is 42.9 Å². The first-order chi connectivity index (χ1) is 10.5. The molecule has 22 heavy (non-hydrogen) atoms. The van der Waals surface area contributed by atoms with E-state index in [1.165, 1.54) is 0 Å². The van der Waals surface area contributed by atoms with Gasteiger partial charge in [-0.25, -0.2) is 0 Å². The van der Waals surface area contributed by atoms with Gasteiger partial charge in [-0.1, -0.05) is 11.6 Å². The number of carbonyl (C=O) groups is 2. The fraction of sp³-hybridized carbons (Fsp3) is 0.400. The van der Waals surface area contributed by atoms with E-state index in [0.717, 1.165) is 18.8 Å². The van der Waals surface area contributed by atoms with E-state index in [1.807, 2.05) is 6.07 Å². The molecule has 116 valence electrons. The standard InChI is InChI=1S/C15H17ClN4O2/c1-11(21)19-6-8-20(9-7-19)14-3-2-12(10-13(14)16)18-15(22)4-5-17/h2-3,10H,4,6-9H2,1H3,(H,18,22). The Morgan fingerprint density at radius 3 is 2.55 bits per heavy atom. The molecule has 2 rings (SSSR count). The number of hydrogen-bond acceptors (Lipinski definition) is 4. The molecule has 6 nitrogen and oxygen atoms in total. The summed E-state index contributed by atoms with van der Waals surface area (Å²) in [5.41, 5.74) is 1.44. The van der Waals surface area contributed by atoms with Gasteiger partial charge in [0.25, 0.3) is 0 Å². The minimum Gasteiger partial charge on any atom is -0.367 e. The van der Waals surface area contributed by atoms with Crippen LogP contribution in [-0.2, 0) is 9.59 Å². The number of benzene rings is 1. The van der Waals surface area contributed by atoms with E-state index in [4.69, 9.17) is 16.9 Å². The van der Waals surface area contributed by atoms with Crippen molar-refractivity contribution in [1.82, 2.24) is 4.90 Å². The molecule has 0 saturated carbocycles. The molecule has 1 saturated heterocycles. The van der Waals surface area contributed by atoms with E-state index >= 15 is 0 Å². The average molecular weight is 321 g/mol. The maximum Gasteiger partial charge on any atom is 0.238 e. The Morgan fingerprint density at radius 1 is 1.32 bits per heavy atom. The number of piperazine rings is 1. The molecule has 0 unspecified atom stereocenters. The number of rotatable bonds is 3. The summed E-state index contributed by atoms with van der Waals surface area (Å²) >= 11 is 6.28. The molecular weight excluding hydrogens is 304 g/mol. The van der Waals surface area contributed by atoms with Crippen LogP contribution in [0.3, 0.4) is 0 Å². The van der Waals surface area contributed by atoms with Crippen LogP contribution in [0.2, 0.25) is 5.02 Å². The lowest BCUT2D eigenvalue weighted by Gasteiger charge is -2.36. The maximum absolute atomic E-state index is 11.4. The molecule has 2 amide bonds. The van der Waals surface area contributed by atoms with Crippen LogP contribution in [0, 0.1) is 11.3 Å². The monoisotopic (exact) mass is 320 g/mol. The van der Waals surface area contributed by atoms with Crippen molar-refractivity contribution in [3.63, 3.8) is 0 Å². The lowest BCUT2D eigenvalue weighted by Crippen LogP contribution is -2.48. The van der Waals surface area contributed by atoms with Gasteiger partial charge >= 0.3 is 0 Å². The number of nitriles is 1. The topological polar surface area (TPSA) is 76.4 Å². The minimum atomic E-state index is -0.360. The normalized spacial score (nSPS) is 14.4. The summed E-state index contributed by atoms with van der Waals surface area (Å²) < 4.78 is 0. The summed E-state index contributed by atoms with van der Waals surface area (Å²) in [7, 11) is 0. The maximum atomic E-state index is 11.4. The highest BCUT2D eigenvalue weighted by Crippen LogP contribution is 2.29. The van der Waals surface area contributed by atoms with Gasteiger partial charge in [0, 0.05) is 38.8 Å². The lowest BCUT2D eigenvalue weighted by atomic mass is 10.2. The molecule has 1 fully saturated rings.